The fraction of sp³-hybridized carbons (Fsp3) is 0.300. The summed E-state index contributed by atoms with van der Waals surface area (Å²) in [5.41, 5.74) is 2.10. The molecule has 1 aliphatic heterocycles. The first-order valence-corrected chi connectivity index (χ1v) is 9.59. The third-order valence-corrected chi connectivity index (χ3v) is 5.46. The molecule has 0 saturated heterocycles. The van der Waals surface area contributed by atoms with E-state index in [0.29, 0.717) is 17.9 Å². The van der Waals surface area contributed by atoms with Gasteiger partial charge in [0.15, 0.2) is 0 Å². The Hall–Kier alpha value is -2.34. The second-order valence-corrected chi connectivity index (χ2v) is 7.38. The standard InChI is InChI=1S/C20H21FN2O2S/c1-3-13(2)22-20(25)15-6-9-18-17(10-15)23(19(24)12-26-18)11-14-4-7-16(21)8-5-14/h4-10,13H,3,11-12H2,1-2H3,(H,22,25). The molecule has 0 bridgehead atoms. The molecule has 0 spiro atoms. The van der Waals surface area contributed by atoms with Crippen molar-refractivity contribution in [3.63, 3.8) is 0 Å². The summed E-state index contributed by atoms with van der Waals surface area (Å²) in [6.07, 6.45) is 0.849. The molecule has 0 aromatic heterocycles. The molecule has 26 heavy (non-hydrogen) atoms. The van der Waals surface area contributed by atoms with Crippen molar-refractivity contribution >= 4 is 29.3 Å². The van der Waals surface area contributed by atoms with E-state index in [2.05, 4.69) is 5.32 Å². The van der Waals surface area contributed by atoms with Crippen LogP contribution >= 0.6 is 11.8 Å². The zero-order valence-corrected chi connectivity index (χ0v) is 15.6. The highest BCUT2D eigenvalue weighted by Gasteiger charge is 2.26. The number of halogens is 1. The number of nitrogens with zero attached hydrogens (tertiary/aromatic N) is 1. The summed E-state index contributed by atoms with van der Waals surface area (Å²) >= 11 is 1.47. The number of fused-ring (bicyclic) bond motifs is 1. The molecule has 1 unspecified atom stereocenters. The molecule has 0 fully saturated rings. The lowest BCUT2D eigenvalue weighted by Crippen LogP contribution is -2.36. The Kier molecular flexibility index (Phi) is 5.61. The molecule has 2 amide bonds. The molecule has 4 nitrogen and oxygen atoms in total. The van der Waals surface area contributed by atoms with E-state index in [-0.39, 0.29) is 23.7 Å². The Morgan fingerprint density at radius 2 is 2.00 bits per heavy atom. The van der Waals surface area contributed by atoms with Gasteiger partial charge in [0.05, 0.1) is 18.0 Å². The molecule has 6 heteroatoms. The Labute approximate surface area is 156 Å². The zero-order chi connectivity index (χ0) is 18.7. The molecule has 136 valence electrons. The summed E-state index contributed by atoms with van der Waals surface area (Å²) in [4.78, 5) is 27.5. The highest BCUT2D eigenvalue weighted by Crippen LogP contribution is 2.36. The number of rotatable bonds is 5. The van der Waals surface area contributed by atoms with Gasteiger partial charge in [0.25, 0.3) is 5.91 Å². The van der Waals surface area contributed by atoms with E-state index >= 15 is 0 Å². The van der Waals surface area contributed by atoms with Crippen molar-refractivity contribution < 1.29 is 14.0 Å². The van der Waals surface area contributed by atoms with Crippen LogP contribution in [0.5, 0.6) is 0 Å². The Morgan fingerprint density at radius 3 is 2.69 bits per heavy atom. The van der Waals surface area contributed by atoms with Crippen LogP contribution in [0.25, 0.3) is 0 Å². The van der Waals surface area contributed by atoms with Gasteiger partial charge in [-0.05, 0) is 49.2 Å². The first-order valence-electron chi connectivity index (χ1n) is 8.60. The molecule has 0 aliphatic carbocycles. The number of thioether (sulfide) groups is 1. The zero-order valence-electron chi connectivity index (χ0n) is 14.8. The van der Waals surface area contributed by atoms with E-state index in [0.717, 1.165) is 22.6 Å². The van der Waals surface area contributed by atoms with Gasteiger partial charge in [0.1, 0.15) is 5.82 Å². The number of anilines is 1. The second kappa shape index (κ2) is 7.91. The summed E-state index contributed by atoms with van der Waals surface area (Å²) in [6.45, 7) is 4.32. The van der Waals surface area contributed by atoms with Gasteiger partial charge in [-0.2, -0.15) is 0 Å². The Bertz CT molecular complexity index is 823. The van der Waals surface area contributed by atoms with Crippen molar-refractivity contribution in [2.75, 3.05) is 10.7 Å². The quantitative estimate of drug-likeness (QED) is 0.863. The molecule has 1 heterocycles. The van der Waals surface area contributed by atoms with Crippen molar-refractivity contribution in [3.8, 4) is 0 Å². The van der Waals surface area contributed by atoms with Crippen molar-refractivity contribution in [2.45, 2.75) is 37.8 Å². The maximum absolute atomic E-state index is 13.1. The number of amides is 2. The fourth-order valence-corrected chi connectivity index (χ4v) is 3.61. The molecule has 2 aromatic carbocycles. The average Bonchev–Trinajstić information content (AvgIpc) is 2.65. The van der Waals surface area contributed by atoms with Crippen LogP contribution in [-0.4, -0.2) is 23.6 Å². The van der Waals surface area contributed by atoms with E-state index in [4.69, 9.17) is 0 Å². The number of carbonyl (C=O) groups is 2. The molecule has 1 N–H and O–H groups in total. The van der Waals surface area contributed by atoms with Crippen molar-refractivity contribution in [1.29, 1.82) is 0 Å². The van der Waals surface area contributed by atoms with Gasteiger partial charge in [-0.15, -0.1) is 11.8 Å². The lowest BCUT2D eigenvalue weighted by Gasteiger charge is -2.29. The van der Waals surface area contributed by atoms with Crippen LogP contribution in [0.4, 0.5) is 10.1 Å². The summed E-state index contributed by atoms with van der Waals surface area (Å²) in [6, 6.07) is 11.6. The largest absolute Gasteiger partial charge is 0.350 e. The maximum Gasteiger partial charge on any atom is 0.251 e. The smallest absolute Gasteiger partial charge is 0.251 e. The monoisotopic (exact) mass is 372 g/mol. The highest BCUT2D eigenvalue weighted by molar-refractivity contribution is 8.00. The fourth-order valence-electron chi connectivity index (χ4n) is 2.70. The summed E-state index contributed by atoms with van der Waals surface area (Å²) < 4.78 is 13.1. The normalized spacial score (nSPS) is 14.7. The minimum atomic E-state index is -0.307. The average molecular weight is 372 g/mol. The summed E-state index contributed by atoms with van der Waals surface area (Å²) in [7, 11) is 0. The minimum absolute atomic E-state index is 0.0219. The highest BCUT2D eigenvalue weighted by atomic mass is 32.2. The third-order valence-electron chi connectivity index (χ3n) is 4.41. The van der Waals surface area contributed by atoms with Gasteiger partial charge < -0.3 is 10.2 Å². The van der Waals surface area contributed by atoms with Crippen LogP contribution in [0.2, 0.25) is 0 Å². The van der Waals surface area contributed by atoms with E-state index in [9.17, 15) is 14.0 Å². The van der Waals surface area contributed by atoms with Gasteiger partial charge in [-0.25, -0.2) is 4.39 Å². The molecule has 1 atom stereocenters. The molecule has 1 aliphatic rings. The molecule has 2 aromatic rings. The molecule has 3 rings (SSSR count). The number of benzene rings is 2. The predicted molar refractivity (Wildman–Crippen MR) is 102 cm³/mol. The lowest BCUT2D eigenvalue weighted by atomic mass is 10.1. The van der Waals surface area contributed by atoms with Gasteiger partial charge in [0, 0.05) is 16.5 Å². The minimum Gasteiger partial charge on any atom is -0.350 e. The van der Waals surface area contributed by atoms with Gasteiger partial charge in [-0.1, -0.05) is 19.1 Å². The lowest BCUT2D eigenvalue weighted by molar-refractivity contribution is -0.116. The number of hydrogen-bond acceptors (Lipinski definition) is 3. The molecule has 0 radical (unpaired) electrons. The number of carbonyl (C=O) groups excluding carboxylic acids is 2. The summed E-state index contributed by atoms with van der Waals surface area (Å²) in [5.74, 6) is -0.121. The van der Waals surface area contributed by atoms with E-state index in [1.165, 1.54) is 23.9 Å². The molecular weight excluding hydrogens is 351 g/mol. The first kappa shape index (κ1) is 18.5. The van der Waals surface area contributed by atoms with Crippen LogP contribution in [0.15, 0.2) is 47.4 Å². The van der Waals surface area contributed by atoms with E-state index in [1.807, 2.05) is 19.9 Å². The van der Waals surface area contributed by atoms with E-state index in [1.54, 1.807) is 29.2 Å². The van der Waals surface area contributed by atoms with E-state index < -0.39 is 0 Å². The van der Waals surface area contributed by atoms with Crippen LogP contribution < -0.4 is 10.2 Å². The van der Waals surface area contributed by atoms with Gasteiger partial charge in [0.2, 0.25) is 5.91 Å². The Balaban J connectivity index is 1.89. The van der Waals surface area contributed by atoms with Crippen LogP contribution in [0.1, 0.15) is 36.2 Å². The second-order valence-electron chi connectivity index (χ2n) is 6.36. The number of hydrogen-bond donors (Lipinski definition) is 1. The molecule has 0 saturated carbocycles. The SMILES string of the molecule is CCC(C)NC(=O)c1ccc2c(c1)N(Cc1ccc(F)cc1)C(=O)CS2. The van der Waals surface area contributed by atoms with Gasteiger partial charge >= 0.3 is 0 Å². The Morgan fingerprint density at radius 1 is 1.27 bits per heavy atom. The van der Waals surface area contributed by atoms with Crippen molar-refractivity contribution in [2.24, 2.45) is 0 Å². The van der Waals surface area contributed by atoms with Crippen molar-refractivity contribution in [1.82, 2.24) is 5.32 Å². The molecular formula is C20H21FN2O2S. The third kappa shape index (κ3) is 4.07. The van der Waals surface area contributed by atoms with Crippen LogP contribution in [0, 0.1) is 5.82 Å². The number of nitrogens with one attached hydrogen (secondary N) is 1. The summed E-state index contributed by atoms with van der Waals surface area (Å²) in [5, 5.41) is 2.94. The van der Waals surface area contributed by atoms with Crippen LogP contribution in [-0.2, 0) is 11.3 Å². The van der Waals surface area contributed by atoms with Crippen molar-refractivity contribution in [3.05, 3.63) is 59.4 Å². The maximum atomic E-state index is 13.1. The topological polar surface area (TPSA) is 49.4 Å². The van der Waals surface area contributed by atoms with Crippen LogP contribution in [0.3, 0.4) is 0 Å². The predicted octanol–water partition coefficient (Wildman–Crippen LogP) is 3.99. The van der Waals surface area contributed by atoms with Gasteiger partial charge in [-0.3, -0.25) is 9.59 Å². The first-order chi connectivity index (χ1) is 12.5.